The molecule has 2 aromatic carbocycles. The van der Waals surface area contributed by atoms with Gasteiger partial charge in [0.05, 0.1) is 25.7 Å². The van der Waals surface area contributed by atoms with Crippen LogP contribution in [-0.2, 0) is 16.0 Å². The highest BCUT2D eigenvalue weighted by molar-refractivity contribution is 5.93. The number of anilines is 1. The number of piperidine rings is 1. The van der Waals surface area contributed by atoms with Crippen LogP contribution < -0.4 is 15.0 Å². The SMILES string of the molecule is C=C(C)CC(NC(=O)Cc1ccc(C(=O)OCC)c(OCC)c1)c1ccccc1N1CCCCC1. The van der Waals surface area contributed by atoms with Gasteiger partial charge in [0.25, 0.3) is 0 Å². The van der Waals surface area contributed by atoms with E-state index >= 15 is 0 Å². The number of ether oxygens (including phenoxy) is 2. The lowest BCUT2D eigenvalue weighted by molar-refractivity contribution is -0.121. The summed E-state index contributed by atoms with van der Waals surface area (Å²) in [5.41, 5.74) is 4.47. The molecular weight excluding hydrogens is 440 g/mol. The van der Waals surface area contributed by atoms with Crippen LogP contribution >= 0.6 is 0 Å². The lowest BCUT2D eigenvalue weighted by Gasteiger charge is -2.33. The van der Waals surface area contributed by atoms with Crippen LogP contribution in [0.5, 0.6) is 5.75 Å². The average Bonchev–Trinajstić information content (AvgIpc) is 2.84. The lowest BCUT2D eigenvalue weighted by Crippen LogP contribution is -2.34. The van der Waals surface area contributed by atoms with Crippen LogP contribution in [0.1, 0.15) is 74.0 Å². The second-order valence-corrected chi connectivity index (χ2v) is 9.05. The number of hydrogen-bond donors (Lipinski definition) is 1. The molecular formula is C29H38N2O4. The Bertz CT molecular complexity index is 1030. The van der Waals surface area contributed by atoms with E-state index in [1.807, 2.05) is 19.9 Å². The minimum absolute atomic E-state index is 0.0870. The molecule has 0 aromatic heterocycles. The Hall–Kier alpha value is -3.28. The van der Waals surface area contributed by atoms with Gasteiger partial charge in [-0.3, -0.25) is 4.79 Å². The Kier molecular flexibility index (Phi) is 9.76. The molecule has 0 saturated carbocycles. The van der Waals surface area contributed by atoms with E-state index in [0.29, 0.717) is 24.3 Å². The molecule has 1 heterocycles. The van der Waals surface area contributed by atoms with Crippen molar-refractivity contribution < 1.29 is 19.1 Å². The molecule has 6 nitrogen and oxygen atoms in total. The van der Waals surface area contributed by atoms with Crippen molar-refractivity contribution in [2.24, 2.45) is 0 Å². The summed E-state index contributed by atoms with van der Waals surface area (Å²) in [6.07, 6.45) is 4.50. The summed E-state index contributed by atoms with van der Waals surface area (Å²) in [7, 11) is 0. The minimum atomic E-state index is -0.428. The van der Waals surface area contributed by atoms with Crippen molar-refractivity contribution in [2.75, 3.05) is 31.2 Å². The van der Waals surface area contributed by atoms with E-state index in [-0.39, 0.29) is 25.0 Å². The molecule has 1 N–H and O–H groups in total. The van der Waals surface area contributed by atoms with Gasteiger partial charge in [-0.05, 0) is 75.8 Å². The number of carbonyl (C=O) groups excluding carboxylic acids is 2. The van der Waals surface area contributed by atoms with Crippen molar-refractivity contribution in [1.82, 2.24) is 5.32 Å². The molecule has 1 aliphatic rings. The Morgan fingerprint density at radius 1 is 1.06 bits per heavy atom. The summed E-state index contributed by atoms with van der Waals surface area (Å²) in [6.45, 7) is 12.5. The fourth-order valence-corrected chi connectivity index (χ4v) is 4.55. The summed E-state index contributed by atoms with van der Waals surface area (Å²) in [5, 5.41) is 3.24. The normalized spacial score (nSPS) is 14.2. The fraction of sp³-hybridized carbons (Fsp3) is 0.448. The summed E-state index contributed by atoms with van der Waals surface area (Å²) in [6, 6.07) is 13.4. The quantitative estimate of drug-likeness (QED) is 0.335. The van der Waals surface area contributed by atoms with Crippen LogP contribution in [0.3, 0.4) is 0 Å². The fourth-order valence-electron chi connectivity index (χ4n) is 4.55. The van der Waals surface area contributed by atoms with Crippen LogP contribution in [0.2, 0.25) is 0 Å². The largest absolute Gasteiger partial charge is 0.493 e. The number of rotatable bonds is 11. The topological polar surface area (TPSA) is 67.9 Å². The molecule has 0 aliphatic carbocycles. The number of esters is 1. The predicted molar refractivity (Wildman–Crippen MR) is 140 cm³/mol. The monoisotopic (exact) mass is 478 g/mol. The molecule has 35 heavy (non-hydrogen) atoms. The zero-order chi connectivity index (χ0) is 25.2. The number of nitrogens with zero attached hydrogens (tertiary/aromatic N) is 1. The summed E-state index contributed by atoms with van der Waals surface area (Å²) in [5.74, 6) is -0.0796. The van der Waals surface area contributed by atoms with Gasteiger partial charge in [0.1, 0.15) is 11.3 Å². The van der Waals surface area contributed by atoms with Gasteiger partial charge in [0.2, 0.25) is 5.91 Å². The molecule has 0 bridgehead atoms. The van der Waals surface area contributed by atoms with E-state index in [0.717, 1.165) is 29.8 Å². The van der Waals surface area contributed by atoms with Gasteiger partial charge in [-0.2, -0.15) is 0 Å². The van der Waals surface area contributed by atoms with Crippen molar-refractivity contribution in [3.05, 3.63) is 71.3 Å². The number of amides is 1. The van der Waals surface area contributed by atoms with Gasteiger partial charge >= 0.3 is 5.97 Å². The van der Waals surface area contributed by atoms with Crippen molar-refractivity contribution in [1.29, 1.82) is 0 Å². The molecule has 188 valence electrons. The van der Waals surface area contributed by atoms with Crippen LogP contribution in [0, 0.1) is 0 Å². The van der Waals surface area contributed by atoms with Crippen molar-refractivity contribution >= 4 is 17.6 Å². The third-order valence-electron chi connectivity index (χ3n) is 6.10. The Balaban J connectivity index is 1.79. The van der Waals surface area contributed by atoms with Gasteiger partial charge in [-0.25, -0.2) is 4.79 Å². The van der Waals surface area contributed by atoms with Gasteiger partial charge in [-0.1, -0.05) is 29.8 Å². The molecule has 3 rings (SSSR count). The van der Waals surface area contributed by atoms with E-state index < -0.39 is 5.97 Å². The molecule has 0 radical (unpaired) electrons. The molecule has 1 atom stereocenters. The van der Waals surface area contributed by atoms with Crippen LogP contribution in [-0.4, -0.2) is 38.2 Å². The summed E-state index contributed by atoms with van der Waals surface area (Å²) < 4.78 is 10.8. The summed E-state index contributed by atoms with van der Waals surface area (Å²) in [4.78, 5) is 27.8. The lowest BCUT2D eigenvalue weighted by atomic mass is 9.96. The maximum Gasteiger partial charge on any atom is 0.341 e. The third kappa shape index (κ3) is 7.35. The second-order valence-electron chi connectivity index (χ2n) is 9.05. The van der Waals surface area contributed by atoms with E-state index in [1.54, 1.807) is 25.1 Å². The highest BCUT2D eigenvalue weighted by Crippen LogP contribution is 2.32. The van der Waals surface area contributed by atoms with Gasteiger partial charge in [-0.15, -0.1) is 6.58 Å². The molecule has 1 unspecified atom stereocenters. The molecule has 1 aliphatic heterocycles. The van der Waals surface area contributed by atoms with Gasteiger partial charge in [0.15, 0.2) is 0 Å². The van der Waals surface area contributed by atoms with Crippen LogP contribution in [0.25, 0.3) is 0 Å². The summed E-state index contributed by atoms with van der Waals surface area (Å²) >= 11 is 0. The molecule has 1 fully saturated rings. The smallest absolute Gasteiger partial charge is 0.341 e. The van der Waals surface area contributed by atoms with Gasteiger partial charge in [0, 0.05) is 18.8 Å². The van der Waals surface area contributed by atoms with E-state index in [2.05, 4.69) is 35.0 Å². The predicted octanol–water partition coefficient (Wildman–Crippen LogP) is 5.62. The van der Waals surface area contributed by atoms with Crippen molar-refractivity contribution in [2.45, 2.75) is 58.9 Å². The van der Waals surface area contributed by atoms with E-state index in [1.165, 1.54) is 24.9 Å². The standard InChI is InChI=1S/C29H38N2O4/c1-5-34-27-19-22(14-15-24(27)29(33)35-6-2)20-28(32)30-25(18-21(3)4)23-12-8-9-13-26(23)31-16-10-7-11-17-31/h8-9,12-15,19,25H,3,5-7,10-11,16-18,20H2,1-2,4H3,(H,30,32). The second kappa shape index (κ2) is 13.0. The highest BCUT2D eigenvalue weighted by Gasteiger charge is 2.22. The first-order valence-corrected chi connectivity index (χ1v) is 12.6. The van der Waals surface area contributed by atoms with Crippen LogP contribution in [0.4, 0.5) is 5.69 Å². The molecule has 1 saturated heterocycles. The Morgan fingerprint density at radius 3 is 2.49 bits per heavy atom. The Morgan fingerprint density at radius 2 is 1.80 bits per heavy atom. The number of para-hydroxylation sites is 1. The van der Waals surface area contributed by atoms with Crippen molar-refractivity contribution in [3.8, 4) is 5.75 Å². The molecule has 1 amide bonds. The molecule has 6 heteroatoms. The minimum Gasteiger partial charge on any atom is -0.493 e. The van der Waals surface area contributed by atoms with Crippen LogP contribution in [0.15, 0.2) is 54.6 Å². The number of hydrogen-bond acceptors (Lipinski definition) is 5. The van der Waals surface area contributed by atoms with Crippen molar-refractivity contribution in [3.63, 3.8) is 0 Å². The first-order valence-electron chi connectivity index (χ1n) is 12.6. The molecule has 2 aromatic rings. The average molecular weight is 479 g/mol. The first-order chi connectivity index (χ1) is 16.9. The Labute approximate surface area is 209 Å². The van der Waals surface area contributed by atoms with Gasteiger partial charge < -0.3 is 19.7 Å². The van der Waals surface area contributed by atoms with E-state index in [9.17, 15) is 9.59 Å². The number of benzene rings is 2. The van der Waals surface area contributed by atoms with E-state index in [4.69, 9.17) is 9.47 Å². The first kappa shape index (κ1) is 26.3. The maximum atomic E-state index is 13.2. The number of carbonyl (C=O) groups is 2. The maximum absolute atomic E-state index is 13.2. The number of nitrogens with one attached hydrogen (secondary N) is 1. The third-order valence-corrected chi connectivity index (χ3v) is 6.10. The molecule has 0 spiro atoms. The highest BCUT2D eigenvalue weighted by atomic mass is 16.5. The zero-order valence-corrected chi connectivity index (χ0v) is 21.3. The zero-order valence-electron chi connectivity index (χ0n) is 21.3.